The third-order valence-electron chi connectivity index (χ3n) is 5.02. The van der Waals surface area contributed by atoms with Crippen molar-refractivity contribution in [3.63, 3.8) is 0 Å². The number of nitrogens with one attached hydrogen (secondary N) is 2. The van der Waals surface area contributed by atoms with Gasteiger partial charge in [0.25, 0.3) is 0 Å². The SMILES string of the molecule is O=C(Nc1cc(Cl)c(O)cc1OC[C@@H](O)CN1C[C@@H](Oc2ccc(Cl)cc2)CO1)NC1CC1. The van der Waals surface area contributed by atoms with Gasteiger partial charge in [-0.1, -0.05) is 23.2 Å². The Kier molecular flexibility index (Phi) is 7.67. The summed E-state index contributed by atoms with van der Waals surface area (Å²) in [5.74, 6) is 0.680. The molecule has 178 valence electrons. The van der Waals surface area contributed by atoms with Gasteiger partial charge in [-0.15, -0.1) is 0 Å². The summed E-state index contributed by atoms with van der Waals surface area (Å²) in [4.78, 5) is 17.7. The lowest BCUT2D eigenvalue weighted by atomic mass is 10.2. The second kappa shape index (κ2) is 10.7. The summed E-state index contributed by atoms with van der Waals surface area (Å²) in [5.41, 5.74) is 0.289. The molecule has 1 heterocycles. The van der Waals surface area contributed by atoms with E-state index in [0.29, 0.717) is 23.9 Å². The van der Waals surface area contributed by atoms with Gasteiger partial charge in [0.2, 0.25) is 0 Å². The Morgan fingerprint density at radius 2 is 2.00 bits per heavy atom. The normalized spacial score (nSPS) is 19.2. The van der Waals surface area contributed by atoms with Crippen molar-refractivity contribution >= 4 is 34.9 Å². The Morgan fingerprint density at radius 3 is 2.73 bits per heavy atom. The second-order valence-electron chi connectivity index (χ2n) is 7.97. The molecule has 1 aliphatic heterocycles. The first kappa shape index (κ1) is 23.7. The number of phenolic OH excluding ortho intramolecular Hbond substituents is 1. The van der Waals surface area contributed by atoms with Crippen LogP contribution in [0.3, 0.4) is 0 Å². The minimum absolute atomic E-state index is 0.0711. The number of halogens is 2. The molecule has 1 saturated heterocycles. The van der Waals surface area contributed by atoms with Crippen LogP contribution in [0, 0.1) is 0 Å². The fraction of sp³-hybridized carbons (Fsp3) is 0.409. The number of aromatic hydroxyl groups is 1. The smallest absolute Gasteiger partial charge is 0.319 e. The van der Waals surface area contributed by atoms with E-state index in [9.17, 15) is 15.0 Å². The molecule has 33 heavy (non-hydrogen) atoms. The number of aliphatic hydroxyl groups excluding tert-OH is 1. The lowest BCUT2D eigenvalue weighted by molar-refractivity contribution is -0.131. The highest BCUT2D eigenvalue weighted by molar-refractivity contribution is 6.32. The first-order chi connectivity index (χ1) is 15.9. The lowest BCUT2D eigenvalue weighted by Crippen LogP contribution is -2.35. The Morgan fingerprint density at radius 1 is 1.24 bits per heavy atom. The Hall–Kier alpha value is -2.43. The van der Waals surface area contributed by atoms with Crippen molar-refractivity contribution in [3.8, 4) is 17.2 Å². The topological polar surface area (TPSA) is 113 Å². The van der Waals surface area contributed by atoms with Crippen molar-refractivity contribution in [1.82, 2.24) is 10.4 Å². The molecule has 2 aromatic carbocycles. The molecule has 0 spiro atoms. The standard InChI is InChI=1S/C22H25Cl2N3O6/c23-13-1-5-16(6-2-13)33-17-10-27(32-12-17)9-15(28)11-31-21-8-20(29)18(24)7-19(21)26-22(30)25-14-3-4-14/h1-2,5-8,14-15,17,28-29H,3-4,9-12H2,(H2,25,26,30)/t15-,17+/m0/s1. The predicted octanol–water partition coefficient (Wildman–Crippen LogP) is 3.42. The number of carbonyl (C=O) groups excluding carboxylic acids is 1. The highest BCUT2D eigenvalue weighted by Crippen LogP contribution is 2.35. The van der Waals surface area contributed by atoms with Crippen LogP contribution in [0.15, 0.2) is 36.4 Å². The minimum atomic E-state index is -0.898. The van der Waals surface area contributed by atoms with E-state index < -0.39 is 6.10 Å². The van der Waals surface area contributed by atoms with E-state index in [1.54, 1.807) is 29.3 Å². The number of amides is 2. The van der Waals surface area contributed by atoms with E-state index in [4.69, 9.17) is 37.5 Å². The quantitative estimate of drug-likeness (QED) is 0.392. The molecule has 1 aliphatic carbocycles. The summed E-state index contributed by atoms with van der Waals surface area (Å²) >= 11 is 11.9. The van der Waals surface area contributed by atoms with Crippen molar-refractivity contribution < 1.29 is 29.3 Å². The summed E-state index contributed by atoms with van der Waals surface area (Å²) in [5, 5.41) is 28.1. The predicted molar refractivity (Wildman–Crippen MR) is 123 cm³/mol. The Balaban J connectivity index is 1.26. The van der Waals surface area contributed by atoms with E-state index in [1.807, 2.05) is 0 Å². The van der Waals surface area contributed by atoms with Gasteiger partial charge < -0.3 is 30.3 Å². The number of hydroxylamine groups is 2. The fourth-order valence-electron chi connectivity index (χ4n) is 3.23. The molecule has 2 atom stereocenters. The summed E-state index contributed by atoms with van der Waals surface area (Å²) in [6.45, 7) is 0.911. The molecule has 0 bridgehead atoms. The zero-order chi connectivity index (χ0) is 23.4. The maximum absolute atomic E-state index is 12.1. The number of benzene rings is 2. The van der Waals surface area contributed by atoms with Crippen LogP contribution < -0.4 is 20.1 Å². The maximum Gasteiger partial charge on any atom is 0.319 e. The highest BCUT2D eigenvalue weighted by Gasteiger charge is 2.28. The molecule has 0 aromatic heterocycles. The van der Waals surface area contributed by atoms with Gasteiger partial charge >= 0.3 is 6.03 Å². The van der Waals surface area contributed by atoms with Gasteiger partial charge in [0.1, 0.15) is 42.7 Å². The molecule has 9 nitrogen and oxygen atoms in total. The number of β-amino-alcohol motifs (C(OH)–C–C–N with tert-alkyl or cyclic N) is 1. The number of carbonyl (C=O) groups is 1. The molecule has 0 unspecified atom stereocenters. The lowest BCUT2D eigenvalue weighted by Gasteiger charge is -2.20. The van der Waals surface area contributed by atoms with Gasteiger partial charge in [-0.25, -0.2) is 4.79 Å². The van der Waals surface area contributed by atoms with Crippen molar-refractivity contribution in [1.29, 1.82) is 0 Å². The first-order valence-electron chi connectivity index (χ1n) is 10.6. The van der Waals surface area contributed by atoms with Crippen LogP contribution in [0.1, 0.15) is 12.8 Å². The van der Waals surface area contributed by atoms with Crippen molar-refractivity contribution in [2.75, 3.05) is 31.6 Å². The summed E-state index contributed by atoms with van der Waals surface area (Å²) in [7, 11) is 0. The van der Waals surface area contributed by atoms with Crippen molar-refractivity contribution in [2.45, 2.75) is 31.1 Å². The average molecular weight is 498 g/mol. The van der Waals surface area contributed by atoms with Crippen molar-refractivity contribution in [3.05, 3.63) is 46.4 Å². The first-order valence-corrected chi connectivity index (χ1v) is 11.3. The van der Waals surface area contributed by atoms with Gasteiger partial charge in [-0.3, -0.25) is 4.84 Å². The van der Waals surface area contributed by atoms with Crippen LogP contribution in [0.25, 0.3) is 0 Å². The number of rotatable bonds is 9. The van der Waals surface area contributed by atoms with Gasteiger partial charge in [0.05, 0.1) is 23.8 Å². The van der Waals surface area contributed by atoms with Crippen molar-refractivity contribution in [2.24, 2.45) is 0 Å². The highest BCUT2D eigenvalue weighted by atomic mass is 35.5. The van der Waals surface area contributed by atoms with Crippen LogP contribution in [0.4, 0.5) is 10.5 Å². The minimum Gasteiger partial charge on any atom is -0.506 e. The number of phenols is 1. The fourth-order valence-corrected chi connectivity index (χ4v) is 3.52. The van der Waals surface area contributed by atoms with Crippen LogP contribution in [-0.2, 0) is 4.84 Å². The number of urea groups is 1. The average Bonchev–Trinajstić information content (AvgIpc) is 3.48. The molecule has 4 N–H and O–H groups in total. The van der Waals surface area contributed by atoms with E-state index in [2.05, 4.69) is 10.6 Å². The number of nitrogens with zero attached hydrogens (tertiary/aromatic N) is 1. The molecule has 2 fully saturated rings. The molecular weight excluding hydrogens is 473 g/mol. The van der Waals surface area contributed by atoms with Crippen LogP contribution in [-0.4, -0.2) is 65.9 Å². The number of hydrogen-bond donors (Lipinski definition) is 4. The van der Waals surface area contributed by atoms with Crippen LogP contribution in [0.2, 0.25) is 10.0 Å². The monoisotopic (exact) mass is 497 g/mol. The van der Waals surface area contributed by atoms with E-state index in [1.165, 1.54) is 12.1 Å². The third kappa shape index (κ3) is 7.02. The molecule has 2 aliphatic rings. The summed E-state index contributed by atoms with van der Waals surface area (Å²) < 4.78 is 11.5. The summed E-state index contributed by atoms with van der Waals surface area (Å²) in [6, 6.07) is 9.55. The zero-order valence-corrected chi connectivity index (χ0v) is 19.2. The number of aliphatic hydroxyl groups is 1. The Labute approximate surface area is 201 Å². The molecular formula is C22H25Cl2N3O6. The molecule has 2 aromatic rings. The zero-order valence-electron chi connectivity index (χ0n) is 17.7. The Bertz CT molecular complexity index is 973. The van der Waals surface area contributed by atoms with Gasteiger partial charge in [0.15, 0.2) is 0 Å². The van der Waals surface area contributed by atoms with Crippen LogP contribution >= 0.6 is 23.2 Å². The molecule has 2 amide bonds. The van der Waals surface area contributed by atoms with E-state index in [0.717, 1.165) is 12.8 Å². The molecule has 1 saturated carbocycles. The van der Waals surface area contributed by atoms with Gasteiger partial charge in [-0.2, -0.15) is 5.06 Å². The largest absolute Gasteiger partial charge is 0.506 e. The van der Waals surface area contributed by atoms with E-state index in [-0.39, 0.29) is 53.5 Å². The second-order valence-corrected chi connectivity index (χ2v) is 8.82. The molecule has 11 heteroatoms. The molecule has 4 rings (SSSR count). The number of ether oxygens (including phenoxy) is 2. The number of hydrogen-bond acceptors (Lipinski definition) is 7. The molecule has 0 radical (unpaired) electrons. The summed E-state index contributed by atoms with van der Waals surface area (Å²) in [6.07, 6.45) is 0.811. The third-order valence-corrected chi connectivity index (χ3v) is 5.58. The maximum atomic E-state index is 12.1. The van der Waals surface area contributed by atoms with Crippen LogP contribution in [0.5, 0.6) is 17.2 Å². The van der Waals surface area contributed by atoms with Gasteiger partial charge in [0, 0.05) is 17.1 Å². The van der Waals surface area contributed by atoms with Gasteiger partial charge in [-0.05, 0) is 43.2 Å². The number of anilines is 1. The van der Waals surface area contributed by atoms with E-state index >= 15 is 0 Å².